The molecule has 1 saturated heterocycles. The predicted octanol–water partition coefficient (Wildman–Crippen LogP) is 3.93. The molecule has 34 heavy (non-hydrogen) atoms. The number of fused-ring (bicyclic) bond motifs is 1. The molecule has 1 N–H and O–H groups in total. The lowest BCUT2D eigenvalue weighted by Crippen LogP contribution is -2.41. The van der Waals surface area contributed by atoms with E-state index >= 15 is 0 Å². The molecule has 1 amide bonds. The molecule has 10 heteroatoms. The maximum Gasteiger partial charge on any atom is 0.243 e. The zero-order valence-electron chi connectivity index (χ0n) is 18.7. The zero-order valence-corrected chi connectivity index (χ0v) is 20.3. The third-order valence-corrected chi connectivity index (χ3v) is 8.69. The number of aromatic nitrogens is 1. The highest BCUT2D eigenvalue weighted by atomic mass is 32.2. The standard InChI is InChI=1S/C24H25N3O5S2/c1-16-25-21(15-33-16)18-3-2-4-19(13-18)26-24(28)17-7-9-27(10-8-17)34(29,30)20-5-6-22-23(14-20)32-12-11-31-22/h2-6,13-15,17H,7-12H2,1H3,(H,26,28). The van der Waals surface area contributed by atoms with Crippen LogP contribution in [0.4, 0.5) is 5.69 Å². The molecule has 0 atom stereocenters. The first kappa shape index (κ1) is 22.8. The van der Waals surface area contributed by atoms with Crippen molar-refractivity contribution in [3.05, 3.63) is 52.9 Å². The molecular weight excluding hydrogens is 474 g/mol. The third-order valence-electron chi connectivity index (χ3n) is 6.02. The van der Waals surface area contributed by atoms with E-state index in [1.807, 2.05) is 36.6 Å². The summed E-state index contributed by atoms with van der Waals surface area (Å²) >= 11 is 1.58. The first-order valence-corrected chi connectivity index (χ1v) is 13.5. The van der Waals surface area contributed by atoms with Crippen LogP contribution >= 0.6 is 11.3 Å². The summed E-state index contributed by atoms with van der Waals surface area (Å²) in [5.41, 5.74) is 2.54. The molecule has 5 rings (SSSR count). The Morgan fingerprint density at radius 2 is 1.85 bits per heavy atom. The molecule has 0 saturated carbocycles. The molecule has 0 unspecified atom stereocenters. The quantitative estimate of drug-likeness (QED) is 0.571. The number of rotatable bonds is 5. The largest absolute Gasteiger partial charge is 0.486 e. The molecular formula is C24H25N3O5S2. The molecule has 178 valence electrons. The first-order chi connectivity index (χ1) is 16.4. The average Bonchev–Trinajstić information content (AvgIpc) is 3.30. The molecule has 1 fully saturated rings. The average molecular weight is 500 g/mol. The number of anilines is 1. The van der Waals surface area contributed by atoms with Crippen molar-refractivity contribution >= 4 is 33.0 Å². The fourth-order valence-corrected chi connectivity index (χ4v) is 6.30. The fraction of sp³-hybridized carbons (Fsp3) is 0.333. The fourth-order valence-electron chi connectivity index (χ4n) is 4.19. The van der Waals surface area contributed by atoms with Gasteiger partial charge in [0.05, 0.1) is 15.6 Å². The molecule has 2 aliphatic rings. The number of piperidine rings is 1. The Bertz CT molecular complexity index is 1310. The number of carbonyl (C=O) groups excluding carboxylic acids is 1. The van der Waals surface area contributed by atoms with E-state index in [-0.39, 0.29) is 29.8 Å². The summed E-state index contributed by atoms with van der Waals surface area (Å²) in [4.78, 5) is 17.6. The van der Waals surface area contributed by atoms with Crippen molar-refractivity contribution < 1.29 is 22.7 Å². The summed E-state index contributed by atoms with van der Waals surface area (Å²) < 4.78 is 38.7. The Hall–Kier alpha value is -2.95. The molecule has 0 spiro atoms. The Kier molecular flexibility index (Phi) is 6.28. The number of thiazole rings is 1. The number of ether oxygens (including phenoxy) is 2. The molecule has 8 nitrogen and oxygen atoms in total. The third kappa shape index (κ3) is 4.66. The number of aryl methyl sites for hydroxylation is 1. The molecule has 0 aliphatic carbocycles. The van der Waals surface area contributed by atoms with Gasteiger partial charge in [0, 0.05) is 41.7 Å². The van der Waals surface area contributed by atoms with Crippen LogP contribution in [0.5, 0.6) is 11.5 Å². The Morgan fingerprint density at radius 1 is 1.09 bits per heavy atom. The van der Waals surface area contributed by atoms with Gasteiger partial charge in [-0.2, -0.15) is 4.31 Å². The van der Waals surface area contributed by atoms with Gasteiger partial charge in [0.1, 0.15) is 13.2 Å². The van der Waals surface area contributed by atoms with Crippen LogP contribution in [-0.2, 0) is 14.8 Å². The van der Waals surface area contributed by atoms with Crippen LogP contribution < -0.4 is 14.8 Å². The van der Waals surface area contributed by atoms with Crippen LogP contribution in [0.25, 0.3) is 11.3 Å². The van der Waals surface area contributed by atoms with Crippen LogP contribution in [0, 0.1) is 12.8 Å². The van der Waals surface area contributed by atoms with E-state index in [4.69, 9.17) is 9.47 Å². The van der Waals surface area contributed by atoms with E-state index in [0.717, 1.165) is 16.3 Å². The molecule has 3 heterocycles. The SMILES string of the molecule is Cc1nc(-c2cccc(NC(=O)C3CCN(S(=O)(=O)c4ccc5c(c4)OCCO5)CC3)c2)cs1. The Balaban J connectivity index is 1.22. The summed E-state index contributed by atoms with van der Waals surface area (Å²) in [5, 5.41) is 5.97. The second kappa shape index (κ2) is 9.36. The van der Waals surface area contributed by atoms with Gasteiger partial charge < -0.3 is 14.8 Å². The summed E-state index contributed by atoms with van der Waals surface area (Å²) in [5.74, 6) is 0.645. The van der Waals surface area contributed by atoms with E-state index in [9.17, 15) is 13.2 Å². The summed E-state index contributed by atoms with van der Waals surface area (Å²) in [6.45, 7) is 3.37. The lowest BCUT2D eigenvalue weighted by Gasteiger charge is -2.31. The van der Waals surface area contributed by atoms with Gasteiger partial charge in [0.25, 0.3) is 0 Å². The minimum absolute atomic E-state index is 0.0945. The van der Waals surface area contributed by atoms with Crippen molar-refractivity contribution in [2.45, 2.75) is 24.7 Å². The summed E-state index contributed by atoms with van der Waals surface area (Å²) in [6, 6.07) is 12.3. The monoisotopic (exact) mass is 499 g/mol. The van der Waals surface area contributed by atoms with Gasteiger partial charge in [-0.3, -0.25) is 4.79 Å². The van der Waals surface area contributed by atoms with Crippen LogP contribution in [0.3, 0.4) is 0 Å². The van der Waals surface area contributed by atoms with Crippen molar-refractivity contribution in [2.24, 2.45) is 5.92 Å². The van der Waals surface area contributed by atoms with E-state index in [1.54, 1.807) is 23.5 Å². The maximum atomic E-state index is 13.1. The number of amides is 1. The topological polar surface area (TPSA) is 97.8 Å². The number of nitrogens with one attached hydrogen (secondary N) is 1. The maximum absolute atomic E-state index is 13.1. The number of hydrogen-bond acceptors (Lipinski definition) is 7. The minimum atomic E-state index is -3.68. The van der Waals surface area contributed by atoms with Gasteiger partial charge >= 0.3 is 0 Å². The second-order valence-corrected chi connectivity index (χ2v) is 11.3. The Morgan fingerprint density at radius 3 is 2.59 bits per heavy atom. The minimum Gasteiger partial charge on any atom is -0.486 e. The highest BCUT2D eigenvalue weighted by Crippen LogP contribution is 2.34. The molecule has 0 radical (unpaired) electrons. The molecule has 2 aromatic carbocycles. The number of sulfonamides is 1. The van der Waals surface area contributed by atoms with Crippen molar-refractivity contribution in [2.75, 3.05) is 31.6 Å². The number of hydrogen-bond donors (Lipinski definition) is 1. The van der Waals surface area contributed by atoms with E-state index in [2.05, 4.69) is 10.3 Å². The highest BCUT2D eigenvalue weighted by Gasteiger charge is 2.33. The lowest BCUT2D eigenvalue weighted by atomic mass is 9.97. The summed E-state index contributed by atoms with van der Waals surface area (Å²) in [6.07, 6.45) is 0.918. The van der Waals surface area contributed by atoms with Gasteiger partial charge in [-0.25, -0.2) is 13.4 Å². The van der Waals surface area contributed by atoms with Gasteiger partial charge in [0.2, 0.25) is 15.9 Å². The van der Waals surface area contributed by atoms with Crippen molar-refractivity contribution in [3.8, 4) is 22.8 Å². The van der Waals surface area contributed by atoms with Crippen molar-refractivity contribution in [1.82, 2.24) is 9.29 Å². The van der Waals surface area contributed by atoms with Crippen LogP contribution in [0.2, 0.25) is 0 Å². The Labute approximate surface area is 202 Å². The normalized spacial score (nSPS) is 16.9. The number of benzene rings is 2. The molecule has 0 bridgehead atoms. The molecule has 2 aliphatic heterocycles. The highest BCUT2D eigenvalue weighted by molar-refractivity contribution is 7.89. The van der Waals surface area contributed by atoms with E-state index in [1.165, 1.54) is 10.4 Å². The summed E-state index contributed by atoms with van der Waals surface area (Å²) in [7, 11) is -3.68. The van der Waals surface area contributed by atoms with E-state index in [0.29, 0.717) is 43.2 Å². The molecule has 3 aromatic rings. The van der Waals surface area contributed by atoms with Gasteiger partial charge in [-0.15, -0.1) is 11.3 Å². The van der Waals surface area contributed by atoms with Crippen LogP contribution in [-0.4, -0.2) is 49.9 Å². The zero-order chi connectivity index (χ0) is 23.7. The van der Waals surface area contributed by atoms with Crippen LogP contribution in [0.1, 0.15) is 17.8 Å². The lowest BCUT2D eigenvalue weighted by molar-refractivity contribution is -0.120. The molecule has 1 aromatic heterocycles. The van der Waals surface area contributed by atoms with Crippen LogP contribution in [0.15, 0.2) is 52.7 Å². The van der Waals surface area contributed by atoms with Gasteiger partial charge in [-0.05, 0) is 44.0 Å². The first-order valence-electron chi connectivity index (χ1n) is 11.1. The van der Waals surface area contributed by atoms with Crippen molar-refractivity contribution in [1.29, 1.82) is 0 Å². The van der Waals surface area contributed by atoms with Crippen molar-refractivity contribution in [3.63, 3.8) is 0 Å². The van der Waals surface area contributed by atoms with E-state index < -0.39 is 10.0 Å². The number of nitrogens with zero attached hydrogens (tertiary/aromatic N) is 2. The number of carbonyl (C=O) groups is 1. The predicted molar refractivity (Wildman–Crippen MR) is 130 cm³/mol. The second-order valence-electron chi connectivity index (χ2n) is 8.31. The van der Waals surface area contributed by atoms with Gasteiger partial charge in [-0.1, -0.05) is 12.1 Å². The smallest absolute Gasteiger partial charge is 0.243 e. The van der Waals surface area contributed by atoms with Gasteiger partial charge in [0.15, 0.2) is 11.5 Å².